The molecule has 0 atom stereocenters. The van der Waals surface area contributed by atoms with Gasteiger partial charge in [0.1, 0.15) is 4.90 Å². The molecular formula is C14H10Br2F3NO3S. The molecule has 4 nitrogen and oxygen atoms in total. The molecule has 0 aliphatic heterocycles. The van der Waals surface area contributed by atoms with Crippen LogP contribution in [0.2, 0.25) is 0 Å². The van der Waals surface area contributed by atoms with Crippen molar-refractivity contribution in [1.82, 2.24) is 4.72 Å². The highest BCUT2D eigenvalue weighted by atomic mass is 79.9. The van der Waals surface area contributed by atoms with Crippen molar-refractivity contribution in [3.63, 3.8) is 0 Å². The number of nitrogens with one attached hydrogen (secondary N) is 1. The van der Waals surface area contributed by atoms with Gasteiger partial charge in [-0.2, -0.15) is 0 Å². The topological polar surface area (TPSA) is 55.4 Å². The van der Waals surface area contributed by atoms with Gasteiger partial charge >= 0.3 is 6.36 Å². The van der Waals surface area contributed by atoms with Crippen LogP contribution in [0.4, 0.5) is 13.2 Å². The molecule has 0 aliphatic rings. The Bertz CT molecular complexity index is 824. The van der Waals surface area contributed by atoms with E-state index >= 15 is 0 Å². The molecule has 0 saturated heterocycles. The predicted molar refractivity (Wildman–Crippen MR) is 89.0 cm³/mol. The van der Waals surface area contributed by atoms with Crippen LogP contribution in [0, 0.1) is 0 Å². The van der Waals surface area contributed by atoms with Crippen molar-refractivity contribution in [1.29, 1.82) is 0 Å². The van der Waals surface area contributed by atoms with E-state index in [2.05, 4.69) is 41.3 Å². The lowest BCUT2D eigenvalue weighted by atomic mass is 10.2. The molecular weight excluding hydrogens is 479 g/mol. The van der Waals surface area contributed by atoms with Crippen LogP contribution < -0.4 is 9.46 Å². The molecule has 2 aromatic rings. The quantitative estimate of drug-likeness (QED) is 0.669. The molecule has 1 N–H and O–H groups in total. The smallest absolute Gasteiger partial charge is 0.404 e. The minimum Gasteiger partial charge on any atom is -0.404 e. The Morgan fingerprint density at radius 3 is 2.17 bits per heavy atom. The van der Waals surface area contributed by atoms with Gasteiger partial charge in [0.2, 0.25) is 10.0 Å². The normalized spacial score (nSPS) is 12.2. The maximum atomic E-state index is 12.5. The van der Waals surface area contributed by atoms with E-state index in [4.69, 9.17) is 0 Å². The van der Waals surface area contributed by atoms with Crippen molar-refractivity contribution in [2.45, 2.75) is 17.8 Å². The number of alkyl halides is 3. The van der Waals surface area contributed by atoms with Gasteiger partial charge in [-0.05, 0) is 35.9 Å². The van der Waals surface area contributed by atoms with E-state index in [9.17, 15) is 21.6 Å². The molecule has 0 radical (unpaired) electrons. The summed E-state index contributed by atoms with van der Waals surface area (Å²) in [5, 5.41) is 0. The number of halogens is 5. The molecule has 0 aromatic heterocycles. The molecule has 0 unspecified atom stereocenters. The standard InChI is InChI=1S/C14H10Br2F3NO3S/c15-10-3-1-9(2-4-10)8-20-24(21,22)13-6-5-11(16)7-12(13)23-14(17,18)19/h1-7,20H,8H2. The van der Waals surface area contributed by atoms with Crippen LogP contribution in [0.15, 0.2) is 56.3 Å². The summed E-state index contributed by atoms with van der Waals surface area (Å²) in [5.41, 5.74) is 0.650. The Kier molecular flexibility index (Phi) is 5.95. The molecule has 0 aliphatic carbocycles. The molecule has 0 heterocycles. The Balaban J connectivity index is 2.26. The van der Waals surface area contributed by atoms with Crippen molar-refractivity contribution in [2.75, 3.05) is 0 Å². The van der Waals surface area contributed by atoms with E-state index < -0.39 is 27.0 Å². The third-order valence-corrected chi connectivity index (χ3v) is 5.26. The van der Waals surface area contributed by atoms with E-state index in [1.807, 2.05) is 0 Å². The third-order valence-electron chi connectivity index (χ3n) is 2.80. The zero-order valence-corrected chi connectivity index (χ0v) is 15.8. The molecule has 10 heteroatoms. The second kappa shape index (κ2) is 7.42. The van der Waals surface area contributed by atoms with E-state index in [1.54, 1.807) is 24.3 Å². The molecule has 0 spiro atoms. The Labute approximate surface area is 153 Å². The molecule has 24 heavy (non-hydrogen) atoms. The number of rotatable bonds is 5. The van der Waals surface area contributed by atoms with Gasteiger partial charge in [-0.3, -0.25) is 0 Å². The highest BCUT2D eigenvalue weighted by Crippen LogP contribution is 2.32. The number of ether oxygens (including phenoxy) is 1. The Morgan fingerprint density at radius 2 is 1.58 bits per heavy atom. The van der Waals surface area contributed by atoms with Crippen molar-refractivity contribution in [2.24, 2.45) is 0 Å². The average molecular weight is 489 g/mol. The summed E-state index contributed by atoms with van der Waals surface area (Å²) in [6.45, 7) is -0.0723. The third kappa shape index (κ3) is 5.47. The number of hydrogen-bond acceptors (Lipinski definition) is 3. The van der Waals surface area contributed by atoms with Gasteiger partial charge in [-0.1, -0.05) is 44.0 Å². The van der Waals surface area contributed by atoms with Gasteiger partial charge in [0.25, 0.3) is 0 Å². The van der Waals surface area contributed by atoms with Gasteiger partial charge in [-0.25, -0.2) is 13.1 Å². The number of sulfonamides is 1. The fourth-order valence-electron chi connectivity index (χ4n) is 1.77. The first-order valence-electron chi connectivity index (χ1n) is 6.36. The molecule has 0 amide bonds. The van der Waals surface area contributed by atoms with Gasteiger partial charge < -0.3 is 4.74 Å². The number of benzene rings is 2. The lowest BCUT2D eigenvalue weighted by molar-refractivity contribution is -0.275. The van der Waals surface area contributed by atoms with Gasteiger partial charge in [0, 0.05) is 15.5 Å². The average Bonchev–Trinajstić information content (AvgIpc) is 2.45. The summed E-state index contributed by atoms with van der Waals surface area (Å²) in [6, 6.07) is 10.1. The monoisotopic (exact) mass is 487 g/mol. The highest BCUT2D eigenvalue weighted by molar-refractivity contribution is 9.10. The van der Waals surface area contributed by atoms with Crippen molar-refractivity contribution >= 4 is 41.9 Å². The Morgan fingerprint density at radius 1 is 1.00 bits per heavy atom. The van der Waals surface area contributed by atoms with Crippen LogP contribution >= 0.6 is 31.9 Å². The zero-order chi connectivity index (χ0) is 18.0. The van der Waals surface area contributed by atoms with Crippen LogP contribution in [-0.2, 0) is 16.6 Å². The van der Waals surface area contributed by atoms with Crippen molar-refractivity contribution in [3.8, 4) is 5.75 Å². The molecule has 2 aromatic carbocycles. The SMILES string of the molecule is O=S(=O)(NCc1ccc(Br)cc1)c1ccc(Br)cc1OC(F)(F)F. The van der Waals surface area contributed by atoms with Crippen LogP contribution in [0.25, 0.3) is 0 Å². The predicted octanol–water partition coefficient (Wildman–Crippen LogP) is 4.59. The first-order valence-corrected chi connectivity index (χ1v) is 9.43. The summed E-state index contributed by atoms with van der Waals surface area (Å²) in [5.74, 6) is -0.805. The van der Waals surface area contributed by atoms with Crippen molar-refractivity contribution < 1.29 is 26.3 Å². The maximum Gasteiger partial charge on any atom is 0.573 e. The largest absolute Gasteiger partial charge is 0.573 e. The summed E-state index contributed by atoms with van der Waals surface area (Å²) in [6.07, 6.45) is -5.00. The van der Waals surface area contributed by atoms with Crippen molar-refractivity contribution in [3.05, 3.63) is 57.0 Å². The minimum atomic E-state index is -5.00. The fraction of sp³-hybridized carbons (Fsp3) is 0.143. The lowest BCUT2D eigenvalue weighted by Crippen LogP contribution is -2.25. The number of hydrogen-bond donors (Lipinski definition) is 1. The van der Waals surface area contributed by atoms with Crippen LogP contribution in [0.3, 0.4) is 0 Å². The second-order valence-corrected chi connectivity index (χ2v) is 8.16. The molecule has 0 saturated carbocycles. The van der Waals surface area contributed by atoms with Gasteiger partial charge in [-0.15, -0.1) is 13.2 Å². The fourth-order valence-corrected chi connectivity index (χ4v) is 3.50. The van der Waals surface area contributed by atoms with E-state index in [1.165, 1.54) is 6.07 Å². The van der Waals surface area contributed by atoms with Crippen LogP contribution in [0.1, 0.15) is 5.56 Å². The van der Waals surface area contributed by atoms with Crippen LogP contribution in [-0.4, -0.2) is 14.8 Å². The molecule has 0 fully saturated rings. The van der Waals surface area contributed by atoms with E-state index in [0.717, 1.165) is 16.6 Å². The second-order valence-electron chi connectivity index (χ2n) is 4.59. The lowest BCUT2D eigenvalue weighted by Gasteiger charge is -2.14. The highest BCUT2D eigenvalue weighted by Gasteiger charge is 2.34. The maximum absolute atomic E-state index is 12.5. The Hall–Kier alpha value is -1.10. The van der Waals surface area contributed by atoms with Crippen LogP contribution in [0.5, 0.6) is 5.75 Å². The van der Waals surface area contributed by atoms with E-state index in [-0.39, 0.29) is 11.0 Å². The minimum absolute atomic E-state index is 0.0723. The van der Waals surface area contributed by atoms with Gasteiger partial charge in [0.15, 0.2) is 5.75 Å². The summed E-state index contributed by atoms with van der Waals surface area (Å²) < 4.78 is 69.2. The molecule has 0 bridgehead atoms. The molecule has 2 rings (SSSR count). The zero-order valence-electron chi connectivity index (χ0n) is 11.8. The van der Waals surface area contributed by atoms with E-state index in [0.29, 0.717) is 5.56 Å². The summed E-state index contributed by atoms with van der Waals surface area (Å²) in [4.78, 5) is -0.597. The van der Waals surface area contributed by atoms with Gasteiger partial charge in [0.05, 0.1) is 0 Å². The molecule has 130 valence electrons. The first kappa shape index (κ1) is 19.2. The summed E-state index contributed by atoms with van der Waals surface area (Å²) >= 11 is 6.24. The first-order chi connectivity index (χ1) is 11.1. The summed E-state index contributed by atoms with van der Waals surface area (Å²) in [7, 11) is -4.20.